The lowest BCUT2D eigenvalue weighted by atomic mass is 9.98. The van der Waals surface area contributed by atoms with Crippen LogP contribution in [0.25, 0.3) is 11.6 Å². The van der Waals surface area contributed by atoms with Crippen LogP contribution in [0.2, 0.25) is 0 Å². The molecule has 1 atom stereocenters. The Kier molecular flexibility index (Phi) is 1.98. The number of benzene rings is 1. The Bertz CT molecular complexity index is 561. The quantitative estimate of drug-likeness (QED) is 0.785. The van der Waals surface area contributed by atoms with Crippen molar-refractivity contribution in [3.63, 3.8) is 0 Å². The van der Waals surface area contributed by atoms with E-state index >= 15 is 0 Å². The first-order valence-corrected chi connectivity index (χ1v) is 5.38. The van der Waals surface area contributed by atoms with Crippen molar-refractivity contribution in [2.24, 2.45) is 5.73 Å². The van der Waals surface area contributed by atoms with Gasteiger partial charge in [-0.05, 0) is 17.7 Å². The van der Waals surface area contributed by atoms with Crippen LogP contribution < -0.4 is 10.5 Å². The van der Waals surface area contributed by atoms with Gasteiger partial charge < -0.3 is 15.4 Å². The maximum atomic E-state index is 11.4. The summed E-state index contributed by atoms with van der Waals surface area (Å²) in [5.41, 5.74) is 8.21. The first kappa shape index (κ1) is 9.96. The molecule has 0 saturated carbocycles. The predicted octanol–water partition coefficient (Wildman–Crippen LogP) is 1.19. The van der Waals surface area contributed by atoms with E-state index < -0.39 is 12.0 Å². The molecule has 0 spiro atoms. The Labute approximate surface area is 99.0 Å². The van der Waals surface area contributed by atoms with Gasteiger partial charge in [0.15, 0.2) is 0 Å². The lowest BCUT2D eigenvalue weighted by Gasteiger charge is -2.11. The summed E-state index contributed by atoms with van der Waals surface area (Å²) >= 11 is 0. The van der Waals surface area contributed by atoms with E-state index in [-0.39, 0.29) is 0 Å². The maximum absolute atomic E-state index is 11.4. The molecule has 2 aliphatic rings. The minimum absolute atomic E-state index is 0.464. The molecule has 2 N–H and O–H groups in total. The van der Waals surface area contributed by atoms with Crippen molar-refractivity contribution in [1.82, 2.24) is 4.90 Å². The molecule has 1 aromatic rings. The van der Waals surface area contributed by atoms with Gasteiger partial charge in [-0.1, -0.05) is 12.1 Å². The minimum Gasteiger partial charge on any atom is -0.475 e. The van der Waals surface area contributed by atoms with Gasteiger partial charge in [0.2, 0.25) is 6.10 Å². The van der Waals surface area contributed by atoms with Crippen molar-refractivity contribution in [3.8, 4) is 5.75 Å². The van der Waals surface area contributed by atoms with Crippen LogP contribution >= 0.6 is 0 Å². The second-order valence-electron chi connectivity index (χ2n) is 4.19. The number of primary amides is 1. The Morgan fingerprint density at radius 2 is 2.29 bits per heavy atom. The van der Waals surface area contributed by atoms with Gasteiger partial charge in [-0.25, -0.2) is 0 Å². The molecule has 2 heterocycles. The van der Waals surface area contributed by atoms with Crippen molar-refractivity contribution in [3.05, 3.63) is 41.7 Å². The van der Waals surface area contributed by atoms with Crippen molar-refractivity contribution in [2.45, 2.75) is 6.10 Å². The zero-order valence-electron chi connectivity index (χ0n) is 9.38. The zero-order valence-corrected chi connectivity index (χ0v) is 9.38. The van der Waals surface area contributed by atoms with Gasteiger partial charge in [0.25, 0.3) is 5.91 Å². The molecule has 1 unspecified atom stereocenters. The van der Waals surface area contributed by atoms with Crippen LogP contribution in [0, 0.1) is 0 Å². The van der Waals surface area contributed by atoms with E-state index in [2.05, 4.69) is 0 Å². The van der Waals surface area contributed by atoms with Gasteiger partial charge in [0.1, 0.15) is 5.75 Å². The molecule has 86 valence electrons. The van der Waals surface area contributed by atoms with Crippen LogP contribution in [0.15, 0.2) is 30.6 Å². The molecular weight excluding hydrogens is 216 g/mol. The number of nitrogens with two attached hydrogens (primary N) is 1. The van der Waals surface area contributed by atoms with E-state index in [0.717, 1.165) is 22.4 Å². The summed E-state index contributed by atoms with van der Waals surface area (Å²) < 4.78 is 5.59. The molecule has 0 aromatic heterocycles. The lowest BCUT2D eigenvalue weighted by molar-refractivity contribution is -0.122. The fourth-order valence-corrected chi connectivity index (χ4v) is 2.22. The SMILES string of the molecule is CN1C=Cc2cccc3c2C(=C1)C(C(N)=O)O3. The third-order valence-electron chi connectivity index (χ3n) is 2.96. The average Bonchev–Trinajstić information content (AvgIpc) is 2.57. The van der Waals surface area contributed by atoms with Gasteiger partial charge in [0.05, 0.1) is 0 Å². The summed E-state index contributed by atoms with van der Waals surface area (Å²) in [6, 6.07) is 5.76. The summed E-state index contributed by atoms with van der Waals surface area (Å²) in [6.07, 6.45) is 5.14. The Morgan fingerprint density at radius 3 is 3.06 bits per heavy atom. The third-order valence-corrected chi connectivity index (χ3v) is 2.96. The molecule has 4 nitrogen and oxygen atoms in total. The summed E-state index contributed by atoms with van der Waals surface area (Å²) in [7, 11) is 1.91. The van der Waals surface area contributed by atoms with Crippen LogP contribution in [0.3, 0.4) is 0 Å². The molecular formula is C13H12N2O2. The van der Waals surface area contributed by atoms with Crippen molar-refractivity contribution in [1.29, 1.82) is 0 Å². The number of hydrogen-bond donors (Lipinski definition) is 1. The second-order valence-corrected chi connectivity index (χ2v) is 4.19. The fourth-order valence-electron chi connectivity index (χ4n) is 2.22. The summed E-state index contributed by atoms with van der Waals surface area (Å²) in [6.45, 7) is 0. The monoisotopic (exact) mass is 228 g/mol. The van der Waals surface area contributed by atoms with E-state index in [0.29, 0.717) is 0 Å². The van der Waals surface area contributed by atoms with Crippen molar-refractivity contribution >= 4 is 17.6 Å². The highest BCUT2D eigenvalue weighted by atomic mass is 16.5. The van der Waals surface area contributed by atoms with Gasteiger partial charge in [-0.2, -0.15) is 0 Å². The highest BCUT2D eigenvalue weighted by molar-refractivity contribution is 5.99. The Balaban J connectivity index is 2.24. The molecule has 0 saturated heterocycles. The Hall–Kier alpha value is -2.23. The van der Waals surface area contributed by atoms with Crippen LogP contribution in [0.5, 0.6) is 5.75 Å². The number of amides is 1. The number of rotatable bonds is 1. The zero-order chi connectivity index (χ0) is 12.0. The van der Waals surface area contributed by atoms with Crippen LogP contribution in [0.4, 0.5) is 0 Å². The summed E-state index contributed by atoms with van der Waals surface area (Å²) in [5.74, 6) is 0.256. The molecule has 4 heteroatoms. The van der Waals surface area contributed by atoms with Gasteiger partial charge >= 0.3 is 0 Å². The molecule has 0 aliphatic carbocycles. The van der Waals surface area contributed by atoms with Crippen LogP contribution in [-0.2, 0) is 4.79 Å². The second kappa shape index (κ2) is 3.38. The summed E-state index contributed by atoms with van der Waals surface area (Å²) in [4.78, 5) is 13.3. The van der Waals surface area contributed by atoms with E-state index in [1.165, 1.54) is 0 Å². The maximum Gasteiger partial charge on any atom is 0.263 e. The molecule has 0 fully saturated rings. The van der Waals surface area contributed by atoms with Crippen molar-refractivity contribution < 1.29 is 9.53 Å². The lowest BCUT2D eigenvalue weighted by Crippen LogP contribution is -2.31. The van der Waals surface area contributed by atoms with E-state index in [1.807, 2.05) is 48.6 Å². The van der Waals surface area contributed by atoms with Crippen LogP contribution in [0.1, 0.15) is 11.1 Å². The van der Waals surface area contributed by atoms with E-state index in [4.69, 9.17) is 10.5 Å². The van der Waals surface area contributed by atoms with Crippen LogP contribution in [-0.4, -0.2) is 24.0 Å². The smallest absolute Gasteiger partial charge is 0.263 e. The number of nitrogens with zero attached hydrogens (tertiary/aromatic N) is 1. The Morgan fingerprint density at radius 1 is 1.47 bits per heavy atom. The highest BCUT2D eigenvalue weighted by Gasteiger charge is 2.35. The number of carbonyl (C=O) groups excluding carboxylic acids is 1. The molecule has 17 heavy (non-hydrogen) atoms. The number of carbonyl (C=O) groups is 1. The predicted molar refractivity (Wildman–Crippen MR) is 64.8 cm³/mol. The number of ether oxygens (including phenoxy) is 1. The largest absolute Gasteiger partial charge is 0.475 e. The highest BCUT2D eigenvalue weighted by Crippen LogP contribution is 2.41. The number of hydrogen-bond acceptors (Lipinski definition) is 3. The topological polar surface area (TPSA) is 55.6 Å². The summed E-state index contributed by atoms with van der Waals surface area (Å²) in [5, 5.41) is 0. The molecule has 1 amide bonds. The van der Waals surface area contributed by atoms with E-state index in [1.54, 1.807) is 0 Å². The molecule has 3 rings (SSSR count). The van der Waals surface area contributed by atoms with Gasteiger partial charge in [0, 0.05) is 30.6 Å². The standard InChI is InChI=1S/C13H12N2O2/c1-15-6-5-8-3-2-4-10-11(8)9(7-15)12(17-10)13(14)16/h2-7,12H,1H3,(H2,14,16). The molecule has 2 aliphatic heterocycles. The third kappa shape index (κ3) is 1.41. The van der Waals surface area contributed by atoms with E-state index in [9.17, 15) is 4.79 Å². The normalized spacial score (nSPS) is 20.4. The minimum atomic E-state index is -0.687. The van der Waals surface area contributed by atoms with Gasteiger partial charge in [-0.3, -0.25) is 4.79 Å². The fraction of sp³-hybridized carbons (Fsp3) is 0.154. The average molecular weight is 228 g/mol. The van der Waals surface area contributed by atoms with Gasteiger partial charge in [-0.15, -0.1) is 0 Å². The van der Waals surface area contributed by atoms with Crippen molar-refractivity contribution in [2.75, 3.05) is 7.05 Å². The molecule has 0 bridgehead atoms. The molecule has 1 aromatic carbocycles. The molecule has 0 radical (unpaired) electrons. The first-order chi connectivity index (χ1) is 8.16. The first-order valence-electron chi connectivity index (χ1n) is 5.38.